The zero-order valence-corrected chi connectivity index (χ0v) is 24.9. The minimum atomic E-state index is -2.95. The lowest BCUT2D eigenvalue weighted by atomic mass is 9.42. The maximum Gasteiger partial charge on any atom is 0.209 e. The molecule has 0 saturated carbocycles. The molecule has 0 fully saturated rings. The summed E-state index contributed by atoms with van der Waals surface area (Å²) in [7, 11) is 0. The Morgan fingerprint density at radius 1 is 1.05 bits per heavy atom. The SMILES string of the molecule is CCOc1ccc(/C=C2\c3cccc(O)c3C(=O)C3=C(O)[C@@]4(O)C(=O)C(C(C)=O)=C(O)C(C(C)C)[C@@]4(C)[C@H](O)[C@]32C)cc1. The first kappa shape index (κ1) is 30.3. The molecule has 5 N–H and O–H groups in total. The van der Waals surface area contributed by atoms with E-state index in [1.54, 1.807) is 56.3 Å². The van der Waals surface area contributed by atoms with Crippen LogP contribution in [0.15, 0.2) is 65.1 Å². The van der Waals surface area contributed by atoms with E-state index >= 15 is 0 Å². The molecule has 9 heteroatoms. The number of hydrogen-bond acceptors (Lipinski definition) is 9. The van der Waals surface area contributed by atoms with E-state index in [4.69, 9.17) is 4.74 Å². The second kappa shape index (κ2) is 9.92. The number of aliphatic hydroxyl groups is 4. The zero-order chi connectivity index (χ0) is 31.8. The Labute approximate surface area is 249 Å². The van der Waals surface area contributed by atoms with Gasteiger partial charge in [0.2, 0.25) is 5.78 Å². The third kappa shape index (κ3) is 3.74. The van der Waals surface area contributed by atoms with Crippen LogP contribution in [0.1, 0.15) is 63.0 Å². The topological polar surface area (TPSA) is 162 Å². The number of ketones is 3. The number of rotatable bonds is 5. The predicted octanol–water partition coefficient (Wildman–Crippen LogP) is 4.71. The summed E-state index contributed by atoms with van der Waals surface area (Å²) in [6.45, 7) is 9.68. The monoisotopic (exact) mass is 588 g/mol. The smallest absolute Gasteiger partial charge is 0.209 e. The molecular formula is C34H36O9. The van der Waals surface area contributed by atoms with Crippen molar-refractivity contribution in [2.24, 2.45) is 22.7 Å². The van der Waals surface area contributed by atoms with Crippen molar-refractivity contribution in [2.75, 3.05) is 6.61 Å². The van der Waals surface area contributed by atoms with Crippen LogP contribution in [0.25, 0.3) is 11.6 Å². The van der Waals surface area contributed by atoms with E-state index < -0.39 is 80.1 Å². The lowest BCUT2D eigenvalue weighted by Crippen LogP contribution is -2.73. The number of phenolic OH excluding ortho intramolecular Hbond substituents is 1. The molecule has 0 heterocycles. The van der Waals surface area contributed by atoms with E-state index in [-0.39, 0.29) is 5.56 Å². The molecule has 3 aliphatic rings. The largest absolute Gasteiger partial charge is 0.511 e. The average Bonchev–Trinajstić information content (AvgIpc) is 2.93. The van der Waals surface area contributed by atoms with Gasteiger partial charge in [-0.25, -0.2) is 0 Å². The Balaban J connectivity index is 1.91. The van der Waals surface area contributed by atoms with Crippen molar-refractivity contribution >= 4 is 29.0 Å². The van der Waals surface area contributed by atoms with E-state index in [1.165, 1.54) is 19.9 Å². The molecule has 43 heavy (non-hydrogen) atoms. The Morgan fingerprint density at radius 2 is 1.67 bits per heavy atom. The number of carbonyl (C=O) groups is 3. The summed E-state index contributed by atoms with van der Waals surface area (Å²) in [5, 5.41) is 59.0. The van der Waals surface area contributed by atoms with Gasteiger partial charge < -0.3 is 30.3 Å². The molecule has 0 bridgehead atoms. The van der Waals surface area contributed by atoms with Gasteiger partial charge in [0, 0.05) is 11.3 Å². The fourth-order valence-corrected chi connectivity index (χ4v) is 7.70. The lowest BCUT2D eigenvalue weighted by Gasteiger charge is -2.62. The quantitative estimate of drug-likeness (QED) is 0.311. The normalized spacial score (nSPS) is 31.2. The summed E-state index contributed by atoms with van der Waals surface area (Å²) < 4.78 is 5.55. The number of ether oxygens (including phenoxy) is 1. The summed E-state index contributed by atoms with van der Waals surface area (Å²) in [5.41, 5.74) is -6.82. The van der Waals surface area contributed by atoms with Gasteiger partial charge in [0.1, 0.15) is 28.6 Å². The van der Waals surface area contributed by atoms with Gasteiger partial charge in [0.05, 0.1) is 29.3 Å². The van der Waals surface area contributed by atoms with E-state index in [9.17, 15) is 39.9 Å². The molecule has 0 saturated heterocycles. The fraction of sp³-hybridized carbons (Fsp3) is 0.382. The zero-order valence-electron chi connectivity index (χ0n) is 24.9. The Hall–Kier alpha value is -4.21. The number of carbonyl (C=O) groups excluding carboxylic acids is 3. The summed E-state index contributed by atoms with van der Waals surface area (Å²) in [4.78, 5) is 40.7. The van der Waals surface area contributed by atoms with E-state index in [0.29, 0.717) is 29.1 Å². The van der Waals surface area contributed by atoms with Crippen molar-refractivity contribution in [3.05, 3.63) is 81.8 Å². The number of allylic oxidation sites excluding steroid dienone is 1. The van der Waals surface area contributed by atoms with Crippen LogP contribution in [0, 0.1) is 22.7 Å². The molecule has 0 radical (unpaired) electrons. The number of hydrogen-bond donors (Lipinski definition) is 5. The number of aromatic hydroxyl groups is 1. The minimum absolute atomic E-state index is 0.174. The molecule has 2 aromatic carbocycles. The second-order valence-corrected chi connectivity index (χ2v) is 12.3. The Bertz CT molecular complexity index is 1660. The second-order valence-electron chi connectivity index (χ2n) is 12.3. The fourth-order valence-electron chi connectivity index (χ4n) is 7.70. The summed E-state index contributed by atoms with van der Waals surface area (Å²) >= 11 is 0. The standard InChI is InChI=1S/C34H36O9/c1-7-43-19-13-11-18(12-14-19)15-21-20-9-8-10-22(36)24(20)28(38)26-30(40)34(42)29(39)23(17(4)35)27(37)25(16(2)3)33(34,6)31(41)32(21,26)5/h8-16,25,31,36-37,40-42H,7H2,1-6H3/b21-15+/t25?,31-,32+,33+,34+/m1/s1. The van der Waals surface area contributed by atoms with Crippen molar-refractivity contribution in [2.45, 2.75) is 53.2 Å². The highest BCUT2D eigenvalue weighted by Gasteiger charge is 2.75. The van der Waals surface area contributed by atoms with Crippen LogP contribution in [0.3, 0.4) is 0 Å². The van der Waals surface area contributed by atoms with Crippen LogP contribution in [0.5, 0.6) is 11.5 Å². The van der Waals surface area contributed by atoms with E-state index in [0.717, 1.165) is 6.92 Å². The summed E-state index contributed by atoms with van der Waals surface area (Å²) in [5.74, 6) is -6.13. The van der Waals surface area contributed by atoms with Gasteiger partial charge >= 0.3 is 0 Å². The van der Waals surface area contributed by atoms with Gasteiger partial charge in [0.15, 0.2) is 17.2 Å². The molecule has 0 aliphatic heterocycles. The number of benzene rings is 2. The first-order valence-electron chi connectivity index (χ1n) is 14.3. The third-order valence-electron chi connectivity index (χ3n) is 9.61. The highest BCUT2D eigenvalue weighted by Crippen LogP contribution is 2.67. The van der Waals surface area contributed by atoms with Gasteiger partial charge in [-0.15, -0.1) is 0 Å². The van der Waals surface area contributed by atoms with Crippen LogP contribution in [-0.2, 0) is 9.59 Å². The molecule has 226 valence electrons. The Morgan fingerprint density at radius 3 is 2.23 bits per heavy atom. The maximum atomic E-state index is 14.2. The Kier molecular flexibility index (Phi) is 6.98. The molecule has 5 rings (SSSR count). The molecule has 9 nitrogen and oxygen atoms in total. The predicted molar refractivity (Wildman–Crippen MR) is 158 cm³/mol. The van der Waals surface area contributed by atoms with Crippen LogP contribution < -0.4 is 4.74 Å². The molecule has 3 aliphatic carbocycles. The number of aliphatic hydroxyl groups excluding tert-OH is 3. The third-order valence-corrected chi connectivity index (χ3v) is 9.61. The first-order chi connectivity index (χ1) is 20.1. The van der Waals surface area contributed by atoms with Crippen LogP contribution in [0.2, 0.25) is 0 Å². The maximum absolute atomic E-state index is 14.2. The van der Waals surface area contributed by atoms with Crippen LogP contribution >= 0.6 is 0 Å². The highest BCUT2D eigenvalue weighted by atomic mass is 16.5. The van der Waals surface area contributed by atoms with Gasteiger partial charge in [0.25, 0.3) is 0 Å². The van der Waals surface area contributed by atoms with Crippen molar-refractivity contribution in [1.82, 2.24) is 0 Å². The highest BCUT2D eigenvalue weighted by molar-refractivity contribution is 6.26. The molecule has 0 amide bonds. The van der Waals surface area contributed by atoms with Crippen molar-refractivity contribution in [3.63, 3.8) is 0 Å². The van der Waals surface area contributed by atoms with E-state index in [2.05, 4.69) is 0 Å². The lowest BCUT2D eigenvalue weighted by molar-refractivity contribution is -0.202. The van der Waals surface area contributed by atoms with Gasteiger partial charge in [-0.3, -0.25) is 14.4 Å². The molecule has 1 unspecified atom stereocenters. The number of Topliss-reactive ketones (excluding diaryl/α,β-unsaturated/α-hetero) is 3. The van der Waals surface area contributed by atoms with E-state index in [1.807, 2.05) is 6.92 Å². The van der Waals surface area contributed by atoms with Gasteiger partial charge in [-0.1, -0.05) is 51.1 Å². The molecule has 2 aromatic rings. The summed E-state index contributed by atoms with van der Waals surface area (Å²) in [6.07, 6.45) is -0.0626. The molecule has 5 atom stereocenters. The van der Waals surface area contributed by atoms with Crippen molar-refractivity contribution in [1.29, 1.82) is 0 Å². The molecular weight excluding hydrogens is 552 g/mol. The number of phenols is 1. The minimum Gasteiger partial charge on any atom is -0.511 e. The average molecular weight is 589 g/mol. The van der Waals surface area contributed by atoms with Gasteiger partial charge in [-0.2, -0.15) is 0 Å². The molecule has 0 spiro atoms. The van der Waals surface area contributed by atoms with Crippen LogP contribution in [-0.4, -0.2) is 61.2 Å². The first-order valence-corrected chi connectivity index (χ1v) is 14.3. The van der Waals surface area contributed by atoms with Crippen molar-refractivity contribution < 1.29 is 44.7 Å². The molecule has 0 aromatic heterocycles. The van der Waals surface area contributed by atoms with Crippen molar-refractivity contribution in [3.8, 4) is 11.5 Å². The summed E-state index contributed by atoms with van der Waals surface area (Å²) in [6, 6.07) is 11.5. The number of fused-ring (bicyclic) bond motifs is 3. The van der Waals surface area contributed by atoms with Crippen LogP contribution in [0.4, 0.5) is 0 Å². The van der Waals surface area contributed by atoms with Gasteiger partial charge in [-0.05, 0) is 61.6 Å².